The first-order chi connectivity index (χ1) is 31.7. The second-order valence-electron chi connectivity index (χ2n) is 16.2. The fourth-order valence-electron chi connectivity index (χ4n) is 9.43. The van der Waals surface area contributed by atoms with Crippen molar-refractivity contribution in [2.24, 2.45) is 0 Å². The van der Waals surface area contributed by atoms with Crippen molar-refractivity contribution in [3.8, 4) is 101 Å². The van der Waals surface area contributed by atoms with Crippen LogP contribution < -0.4 is 0 Å². The molecule has 0 aliphatic heterocycles. The SMILES string of the molecule is [C-]#[N+]c1ccc(-c2cccc(-c3ccc4cccc5c4c3-c3ccccc3-5)c2)cc1-c1ccccc1-c1cccc(-c2nc(-c3ccccc3)nc(-c3ccc4ccccc4c3)n2)c1. The normalized spacial score (nSPS) is 11.4. The molecular formula is C60H36N4. The van der Waals surface area contributed by atoms with Crippen LogP contribution in [-0.4, -0.2) is 15.0 Å². The highest BCUT2D eigenvalue weighted by Gasteiger charge is 2.24. The maximum absolute atomic E-state index is 8.28. The van der Waals surface area contributed by atoms with Gasteiger partial charge in [-0.3, -0.25) is 0 Å². The second-order valence-corrected chi connectivity index (χ2v) is 16.2. The Balaban J connectivity index is 0.946. The van der Waals surface area contributed by atoms with Crippen LogP contribution in [0.4, 0.5) is 5.69 Å². The van der Waals surface area contributed by atoms with Gasteiger partial charge < -0.3 is 0 Å². The fraction of sp³-hybridized carbons (Fsp3) is 0. The fourth-order valence-corrected chi connectivity index (χ4v) is 9.43. The topological polar surface area (TPSA) is 43.0 Å². The van der Waals surface area contributed by atoms with Crippen molar-refractivity contribution in [2.45, 2.75) is 0 Å². The van der Waals surface area contributed by atoms with Gasteiger partial charge in [-0.05, 0) is 107 Å². The van der Waals surface area contributed by atoms with Gasteiger partial charge in [0.2, 0.25) is 0 Å². The third-order valence-corrected chi connectivity index (χ3v) is 12.5. The molecule has 0 bridgehead atoms. The van der Waals surface area contributed by atoms with Crippen molar-refractivity contribution < 1.29 is 0 Å². The Kier molecular flexibility index (Phi) is 8.84. The molecule has 1 aliphatic rings. The number of hydrogen-bond donors (Lipinski definition) is 0. The van der Waals surface area contributed by atoms with E-state index in [1.165, 1.54) is 38.6 Å². The number of hydrogen-bond acceptors (Lipinski definition) is 3. The lowest BCUT2D eigenvalue weighted by atomic mass is 9.89. The van der Waals surface area contributed by atoms with Gasteiger partial charge in [-0.1, -0.05) is 200 Å². The molecule has 0 amide bonds. The molecule has 11 aromatic rings. The summed E-state index contributed by atoms with van der Waals surface area (Å²) in [5.74, 6) is 1.81. The zero-order chi connectivity index (χ0) is 42.6. The van der Waals surface area contributed by atoms with Gasteiger partial charge in [-0.25, -0.2) is 19.8 Å². The zero-order valence-corrected chi connectivity index (χ0v) is 34.6. The summed E-state index contributed by atoms with van der Waals surface area (Å²) >= 11 is 0. The van der Waals surface area contributed by atoms with E-state index in [1.54, 1.807) is 0 Å². The van der Waals surface area contributed by atoms with Crippen molar-refractivity contribution in [3.05, 3.63) is 230 Å². The summed E-state index contributed by atoms with van der Waals surface area (Å²) in [5, 5.41) is 4.85. The van der Waals surface area contributed by atoms with Gasteiger partial charge in [-0.15, -0.1) is 0 Å². The average Bonchev–Trinajstić information content (AvgIpc) is 3.71. The third-order valence-electron chi connectivity index (χ3n) is 12.5. The largest absolute Gasteiger partial charge is 0.238 e. The van der Waals surface area contributed by atoms with Crippen molar-refractivity contribution in [2.75, 3.05) is 0 Å². The summed E-state index contributed by atoms with van der Waals surface area (Å²) < 4.78 is 0. The lowest BCUT2D eigenvalue weighted by molar-refractivity contribution is 1.07. The van der Waals surface area contributed by atoms with Gasteiger partial charge in [0, 0.05) is 16.7 Å². The van der Waals surface area contributed by atoms with E-state index in [0.717, 1.165) is 66.4 Å². The molecule has 296 valence electrons. The Bertz CT molecular complexity index is 3690. The van der Waals surface area contributed by atoms with E-state index < -0.39 is 0 Å². The van der Waals surface area contributed by atoms with Crippen LogP contribution >= 0.6 is 0 Å². The molecule has 0 atom stereocenters. The van der Waals surface area contributed by atoms with Gasteiger partial charge in [0.15, 0.2) is 23.2 Å². The van der Waals surface area contributed by atoms with E-state index in [1.807, 2.05) is 42.5 Å². The van der Waals surface area contributed by atoms with Gasteiger partial charge in [0.25, 0.3) is 0 Å². The number of nitrogens with zero attached hydrogens (tertiary/aromatic N) is 4. The van der Waals surface area contributed by atoms with Crippen LogP contribution in [0.15, 0.2) is 218 Å². The smallest absolute Gasteiger partial charge is 0.194 e. The minimum Gasteiger partial charge on any atom is -0.238 e. The van der Waals surface area contributed by atoms with E-state index in [9.17, 15) is 0 Å². The average molecular weight is 813 g/mol. The molecule has 10 aromatic carbocycles. The van der Waals surface area contributed by atoms with E-state index >= 15 is 0 Å². The van der Waals surface area contributed by atoms with E-state index in [0.29, 0.717) is 23.2 Å². The minimum absolute atomic E-state index is 0.588. The van der Waals surface area contributed by atoms with E-state index in [-0.39, 0.29) is 0 Å². The number of aromatic nitrogens is 3. The number of rotatable bonds is 7. The molecule has 0 saturated heterocycles. The number of benzene rings is 10. The van der Waals surface area contributed by atoms with Crippen LogP contribution in [0, 0.1) is 6.57 Å². The van der Waals surface area contributed by atoms with Gasteiger partial charge in [0.05, 0.1) is 6.57 Å². The van der Waals surface area contributed by atoms with Crippen LogP contribution in [0.5, 0.6) is 0 Å². The molecule has 4 nitrogen and oxygen atoms in total. The predicted octanol–water partition coefficient (Wildman–Crippen LogP) is 16.0. The Morgan fingerprint density at radius 3 is 1.56 bits per heavy atom. The Labute approximate surface area is 371 Å². The first kappa shape index (κ1) is 37.0. The summed E-state index contributed by atoms with van der Waals surface area (Å²) in [6, 6.07) is 76.3. The predicted molar refractivity (Wildman–Crippen MR) is 264 cm³/mol. The lowest BCUT2D eigenvalue weighted by Gasteiger charge is -2.15. The molecule has 1 aromatic heterocycles. The standard InChI is InChI=1S/C60H36N4/c1-61-55-33-31-43(42-19-11-21-45(34-42)49-32-30-39-18-13-27-52-51-25-9-10-26-53(51)57(49)56(39)52)37-54(55)50-24-8-7-23-48(50)44-20-12-22-46(36-44)59-62-58(40-15-3-2-4-16-40)63-60(64-59)47-29-28-38-14-5-6-17-41(38)35-47/h2-37H. The quantitative estimate of drug-likeness (QED) is 0.151. The maximum atomic E-state index is 8.28. The summed E-state index contributed by atoms with van der Waals surface area (Å²) in [6.07, 6.45) is 0. The highest BCUT2D eigenvalue weighted by atomic mass is 15.0. The molecule has 1 aliphatic carbocycles. The summed E-state index contributed by atoms with van der Waals surface area (Å²) in [6.45, 7) is 8.28. The number of fused-ring (bicyclic) bond motifs is 4. The zero-order valence-electron chi connectivity index (χ0n) is 34.6. The Morgan fingerprint density at radius 2 is 0.781 bits per heavy atom. The highest BCUT2D eigenvalue weighted by Crippen LogP contribution is 2.51. The van der Waals surface area contributed by atoms with Crippen LogP contribution in [-0.2, 0) is 0 Å². The minimum atomic E-state index is 0.588. The summed E-state index contributed by atoms with van der Waals surface area (Å²) in [4.78, 5) is 19.2. The molecule has 1 heterocycles. The van der Waals surface area contributed by atoms with Crippen molar-refractivity contribution in [3.63, 3.8) is 0 Å². The first-order valence-electron chi connectivity index (χ1n) is 21.5. The van der Waals surface area contributed by atoms with Gasteiger partial charge >= 0.3 is 0 Å². The van der Waals surface area contributed by atoms with Crippen molar-refractivity contribution >= 4 is 27.2 Å². The monoisotopic (exact) mass is 812 g/mol. The van der Waals surface area contributed by atoms with Crippen LogP contribution in [0.2, 0.25) is 0 Å². The van der Waals surface area contributed by atoms with Crippen LogP contribution in [0.1, 0.15) is 0 Å². The molecule has 0 saturated carbocycles. The molecular weight excluding hydrogens is 777 g/mol. The summed E-state index contributed by atoms with van der Waals surface area (Å²) in [7, 11) is 0. The third kappa shape index (κ3) is 6.35. The highest BCUT2D eigenvalue weighted by molar-refractivity contribution is 6.19. The molecule has 12 rings (SSSR count). The Hall–Kier alpha value is -8.78. The van der Waals surface area contributed by atoms with Crippen molar-refractivity contribution in [1.82, 2.24) is 15.0 Å². The molecule has 0 spiro atoms. The molecule has 0 unspecified atom stereocenters. The Morgan fingerprint density at radius 1 is 0.281 bits per heavy atom. The van der Waals surface area contributed by atoms with Gasteiger partial charge in [-0.2, -0.15) is 0 Å². The second kappa shape index (κ2) is 15.3. The molecule has 0 N–H and O–H groups in total. The van der Waals surface area contributed by atoms with Crippen LogP contribution in [0.3, 0.4) is 0 Å². The molecule has 64 heavy (non-hydrogen) atoms. The molecule has 0 fully saturated rings. The van der Waals surface area contributed by atoms with Crippen LogP contribution in [0.25, 0.3) is 127 Å². The van der Waals surface area contributed by atoms with E-state index in [2.05, 4.69) is 181 Å². The lowest BCUT2D eigenvalue weighted by Crippen LogP contribution is -2.00. The molecule has 4 heteroatoms. The maximum Gasteiger partial charge on any atom is 0.194 e. The van der Waals surface area contributed by atoms with E-state index in [4.69, 9.17) is 21.5 Å². The molecule has 0 radical (unpaired) electrons. The summed E-state index contributed by atoms with van der Waals surface area (Å²) in [5.41, 5.74) is 16.8. The van der Waals surface area contributed by atoms with Crippen molar-refractivity contribution in [1.29, 1.82) is 0 Å². The van der Waals surface area contributed by atoms with Gasteiger partial charge in [0.1, 0.15) is 0 Å². The first-order valence-corrected chi connectivity index (χ1v) is 21.5.